The summed E-state index contributed by atoms with van der Waals surface area (Å²) in [5, 5.41) is 32.6. The Kier molecular flexibility index (Phi) is 20.5. The van der Waals surface area contributed by atoms with Gasteiger partial charge in [0.2, 0.25) is 0 Å². The third kappa shape index (κ3) is 14.0. The number of hydrogen-bond acceptors (Lipinski definition) is 2. The molecular weight excluding hydrogens is 833 g/mol. The average molecular weight is 900 g/mol. The van der Waals surface area contributed by atoms with Gasteiger partial charge in [0.1, 0.15) is 5.60 Å². The van der Waals surface area contributed by atoms with Crippen LogP contribution in [0, 0.1) is 11.8 Å². The molecule has 4 aromatic rings. The summed E-state index contributed by atoms with van der Waals surface area (Å²) in [6, 6.07) is 41.1. The van der Waals surface area contributed by atoms with Crippen molar-refractivity contribution in [1.29, 1.82) is 0 Å². The van der Waals surface area contributed by atoms with Crippen molar-refractivity contribution in [3.8, 4) is 0 Å². The predicted octanol–water partition coefficient (Wildman–Crippen LogP) is 12.0. The van der Waals surface area contributed by atoms with Gasteiger partial charge in [-0.25, -0.2) is 0 Å². The Morgan fingerprint density at radius 2 is 0.964 bits per heavy atom. The SMILES string of the molecule is C[PH+](C)c1ccccc1.C[PH+](C)c1ccccc1.OC(CC1C=CC=C(CC(O)(C2CCCCC2)C2CCCCC2)[N-]1)(c1ccccc1)c1ccccc1.[Cl][Ru+]. The first-order valence-corrected chi connectivity index (χ1v) is 27.9. The van der Waals surface area contributed by atoms with Crippen LogP contribution in [-0.4, -0.2) is 48.5 Å². The van der Waals surface area contributed by atoms with E-state index in [4.69, 9.17) is 5.32 Å². The molecule has 3 aliphatic rings. The molecular formula is C49H66ClNO2P2Ru+2. The fourth-order valence-electron chi connectivity index (χ4n) is 8.61. The fraction of sp³-hybridized carbons (Fsp3) is 0.429. The van der Waals surface area contributed by atoms with Gasteiger partial charge in [0, 0.05) is 15.8 Å². The molecule has 2 aliphatic carbocycles. The van der Waals surface area contributed by atoms with E-state index in [1.54, 1.807) is 0 Å². The monoisotopic (exact) mass is 899 g/mol. The van der Waals surface area contributed by atoms with E-state index in [-0.39, 0.29) is 21.9 Å². The summed E-state index contributed by atoms with van der Waals surface area (Å²) in [5.41, 5.74) is 0.964. The van der Waals surface area contributed by atoms with Gasteiger partial charge in [0.05, 0.1) is 42.9 Å². The Hall–Kier alpha value is -2.15. The molecule has 0 aromatic heterocycles. The topological polar surface area (TPSA) is 54.6 Å². The number of halogens is 1. The van der Waals surface area contributed by atoms with Gasteiger partial charge in [-0.1, -0.05) is 160 Å². The summed E-state index contributed by atoms with van der Waals surface area (Å²) in [4.78, 5) is 0. The van der Waals surface area contributed by atoms with Crippen LogP contribution in [0.25, 0.3) is 5.32 Å². The van der Waals surface area contributed by atoms with Crippen LogP contribution in [0.1, 0.15) is 88.2 Å². The molecule has 0 spiro atoms. The first-order chi connectivity index (χ1) is 27.2. The maximum absolute atomic E-state index is 12.3. The summed E-state index contributed by atoms with van der Waals surface area (Å²) in [6.45, 7) is 9.22. The standard InChI is InChI=1S/C33H42NO2.2C8H11P.ClH.Ru/c35-32(26-14-5-1-6-15-26,27-16-7-2-8-17-27)24-30-22-13-23-31(34-30)25-33(36,28-18-9-3-10-19-28)29-20-11-4-12-21-29;2*1-9(2)8-6-4-3-5-7-8;;/h1-2,5-8,13-17,22-23,28-30,35-36H,3-4,9-12,18-21,24-25H2;2*3-7H,1-2H3;1H;/q-1;;;;+2/p+1. The predicted molar refractivity (Wildman–Crippen MR) is 246 cm³/mol. The molecule has 2 N–H and O–H groups in total. The first-order valence-electron chi connectivity index (χ1n) is 20.7. The zero-order valence-electron chi connectivity index (χ0n) is 34.1. The van der Waals surface area contributed by atoms with E-state index in [1.807, 2.05) is 78.0 Å². The van der Waals surface area contributed by atoms with E-state index in [1.165, 1.54) is 49.1 Å². The van der Waals surface area contributed by atoms with Crippen LogP contribution in [0.3, 0.4) is 0 Å². The molecule has 1 aliphatic heterocycles. The van der Waals surface area contributed by atoms with Crippen LogP contribution in [0.5, 0.6) is 0 Å². The van der Waals surface area contributed by atoms with Crippen LogP contribution in [-0.2, 0) is 22.9 Å². The quantitative estimate of drug-likeness (QED) is 0.123. The van der Waals surface area contributed by atoms with Gasteiger partial charge in [-0.3, -0.25) is 0 Å². The van der Waals surface area contributed by atoms with Gasteiger partial charge >= 0.3 is 27.0 Å². The van der Waals surface area contributed by atoms with Crippen LogP contribution < -0.4 is 10.6 Å². The summed E-state index contributed by atoms with van der Waals surface area (Å²) in [5.74, 6) is 0.751. The maximum atomic E-state index is 12.3. The van der Waals surface area contributed by atoms with E-state index in [0.29, 0.717) is 24.7 Å². The minimum atomic E-state index is -1.13. The molecule has 2 saturated carbocycles. The van der Waals surface area contributed by atoms with E-state index in [2.05, 4.69) is 115 Å². The molecule has 1 heterocycles. The molecule has 0 bridgehead atoms. The molecule has 0 saturated heterocycles. The minimum absolute atomic E-state index is 0.141. The molecule has 56 heavy (non-hydrogen) atoms. The van der Waals surface area contributed by atoms with Gasteiger partial charge < -0.3 is 15.5 Å². The van der Waals surface area contributed by atoms with Gasteiger partial charge in [0.15, 0.2) is 0 Å². The molecule has 3 nitrogen and oxygen atoms in total. The first kappa shape index (κ1) is 46.5. The molecule has 1 atom stereocenters. The van der Waals surface area contributed by atoms with Gasteiger partial charge in [-0.05, 0) is 85.8 Å². The summed E-state index contributed by atoms with van der Waals surface area (Å²) < 4.78 is 0. The molecule has 4 aromatic carbocycles. The molecule has 0 radical (unpaired) electrons. The van der Waals surface area contributed by atoms with Crippen molar-refractivity contribution >= 4 is 36.1 Å². The van der Waals surface area contributed by atoms with Crippen molar-refractivity contribution < 1.29 is 27.5 Å². The van der Waals surface area contributed by atoms with Crippen molar-refractivity contribution in [2.45, 2.75) is 94.3 Å². The average Bonchev–Trinajstić information content (AvgIpc) is 3.27. The van der Waals surface area contributed by atoms with Crippen molar-refractivity contribution in [3.05, 3.63) is 162 Å². The van der Waals surface area contributed by atoms with Gasteiger partial charge in [-0.15, -0.1) is 0 Å². The number of benzene rings is 4. The molecule has 7 rings (SSSR count). The number of hydrogen-bond donors (Lipinski definition) is 2. The van der Waals surface area contributed by atoms with E-state index in [9.17, 15) is 10.2 Å². The van der Waals surface area contributed by atoms with E-state index >= 15 is 0 Å². The third-order valence-electron chi connectivity index (χ3n) is 11.8. The van der Waals surface area contributed by atoms with E-state index < -0.39 is 11.2 Å². The zero-order valence-corrected chi connectivity index (χ0v) is 38.6. The second-order valence-corrected chi connectivity index (χ2v) is 21.3. The van der Waals surface area contributed by atoms with Crippen LogP contribution in [0.2, 0.25) is 0 Å². The summed E-state index contributed by atoms with van der Waals surface area (Å²) in [7, 11) is 4.14. The molecule has 302 valence electrons. The Balaban J connectivity index is 0.000000283. The third-order valence-corrected chi connectivity index (χ3v) is 14.7. The number of nitrogens with zero attached hydrogens (tertiary/aromatic N) is 1. The Morgan fingerprint density at radius 1 is 0.589 bits per heavy atom. The normalized spacial score (nSPS) is 17.6. The summed E-state index contributed by atoms with van der Waals surface area (Å²) >= 11 is 1.82. The molecule has 1 unspecified atom stereocenters. The second kappa shape index (κ2) is 24.7. The van der Waals surface area contributed by atoms with Crippen LogP contribution >= 0.6 is 25.5 Å². The Bertz CT molecular complexity index is 1590. The molecule has 2 fully saturated rings. The van der Waals surface area contributed by atoms with Crippen LogP contribution in [0.4, 0.5) is 0 Å². The van der Waals surface area contributed by atoms with Crippen molar-refractivity contribution in [3.63, 3.8) is 0 Å². The van der Waals surface area contributed by atoms with E-state index in [0.717, 1.165) is 42.5 Å². The Morgan fingerprint density at radius 3 is 1.32 bits per heavy atom. The zero-order chi connectivity index (χ0) is 40.2. The van der Waals surface area contributed by atoms with Crippen molar-refractivity contribution in [2.75, 3.05) is 26.7 Å². The fourth-order valence-corrected chi connectivity index (χ4v) is 10.3. The number of aliphatic hydroxyl groups is 2. The second-order valence-electron chi connectivity index (χ2n) is 16.1. The Labute approximate surface area is 356 Å². The number of allylic oxidation sites excluding steroid dienone is 2. The summed E-state index contributed by atoms with van der Waals surface area (Å²) in [6.07, 6.45) is 19.5. The van der Waals surface area contributed by atoms with Gasteiger partial charge in [0.25, 0.3) is 0 Å². The van der Waals surface area contributed by atoms with Crippen LogP contribution in [0.15, 0.2) is 145 Å². The van der Waals surface area contributed by atoms with Crippen molar-refractivity contribution in [1.82, 2.24) is 0 Å². The van der Waals surface area contributed by atoms with Crippen molar-refractivity contribution in [2.24, 2.45) is 11.8 Å². The molecule has 7 heteroatoms. The number of rotatable bonds is 10. The van der Waals surface area contributed by atoms with Gasteiger partial charge in [-0.2, -0.15) is 5.70 Å². The molecule has 0 amide bonds.